The maximum absolute atomic E-state index is 13.8. The van der Waals surface area contributed by atoms with E-state index in [2.05, 4.69) is 26.3 Å². The first-order valence-electron chi connectivity index (χ1n) is 12.6. The number of esters is 1. The molecule has 5 rings (SSSR count). The third kappa shape index (κ3) is 5.50. The van der Waals surface area contributed by atoms with Crippen molar-refractivity contribution in [3.63, 3.8) is 0 Å². The van der Waals surface area contributed by atoms with Gasteiger partial charge >= 0.3 is 12.0 Å². The number of aromatic nitrogens is 2. The first-order chi connectivity index (χ1) is 19.0. The molecule has 0 bridgehead atoms. The number of rotatable bonds is 8. The number of nitrogens with zero attached hydrogens (tertiary/aromatic N) is 3. The van der Waals surface area contributed by atoms with Gasteiger partial charge < -0.3 is 19.8 Å². The maximum Gasteiger partial charge on any atom is 0.341 e. The molecule has 9 heteroatoms. The Morgan fingerprint density at radius 3 is 2.79 bits per heavy atom. The normalized spacial score (nSPS) is 17.6. The van der Waals surface area contributed by atoms with Crippen molar-refractivity contribution in [2.24, 2.45) is 10.9 Å². The Morgan fingerprint density at radius 2 is 1.97 bits per heavy atom. The second-order valence-corrected chi connectivity index (χ2v) is 9.32. The van der Waals surface area contributed by atoms with Crippen LogP contribution >= 0.6 is 0 Å². The van der Waals surface area contributed by atoms with Crippen LogP contribution in [-0.4, -0.2) is 34.8 Å². The van der Waals surface area contributed by atoms with Crippen LogP contribution in [0.5, 0.6) is 5.75 Å². The molecule has 0 spiro atoms. The van der Waals surface area contributed by atoms with E-state index >= 15 is 0 Å². The lowest BCUT2D eigenvalue weighted by molar-refractivity contribution is -0.152. The van der Waals surface area contributed by atoms with Crippen LogP contribution in [0.4, 0.5) is 4.79 Å². The van der Waals surface area contributed by atoms with Gasteiger partial charge in [-0.05, 0) is 67.3 Å². The molecule has 39 heavy (non-hydrogen) atoms. The topological polar surface area (TPSA) is 129 Å². The molecule has 4 aromatic rings. The average molecular weight is 522 g/mol. The maximum atomic E-state index is 13.8. The van der Waals surface area contributed by atoms with Gasteiger partial charge in [-0.15, -0.1) is 0 Å². The standard InChI is InChI=1S/C30H27N5O4/c1-18(21-8-3-7-20(14-21)16-31)39-29(36)26-25(12-11-19-6-4-9-22(15-19)38-2)34-30(37)35-27(26)24-17-33-28-23(24)10-5-13-32-28/h3-10,13-15,17-18,26-27H,11-12H2,1-2H3,(H,32,33)(H,35,37). The van der Waals surface area contributed by atoms with Gasteiger partial charge in [-0.2, -0.15) is 5.26 Å². The van der Waals surface area contributed by atoms with Crippen molar-refractivity contribution >= 4 is 28.7 Å². The fourth-order valence-corrected chi connectivity index (χ4v) is 4.89. The third-order valence-corrected chi connectivity index (χ3v) is 6.87. The number of urea groups is 1. The number of aryl methyl sites for hydroxylation is 1. The van der Waals surface area contributed by atoms with E-state index in [4.69, 9.17) is 9.47 Å². The number of aromatic amines is 1. The molecule has 0 saturated heterocycles. The molecule has 3 unspecified atom stereocenters. The van der Waals surface area contributed by atoms with E-state index in [-0.39, 0.29) is 0 Å². The summed E-state index contributed by atoms with van der Waals surface area (Å²) in [4.78, 5) is 38.4. The minimum Gasteiger partial charge on any atom is -0.497 e. The molecule has 1 aliphatic rings. The number of nitriles is 1. The summed E-state index contributed by atoms with van der Waals surface area (Å²) in [6, 6.07) is 19.2. The van der Waals surface area contributed by atoms with Gasteiger partial charge in [0.25, 0.3) is 0 Å². The largest absolute Gasteiger partial charge is 0.497 e. The molecule has 3 heterocycles. The molecule has 196 valence electrons. The van der Waals surface area contributed by atoms with Crippen LogP contribution in [0.15, 0.2) is 78.0 Å². The van der Waals surface area contributed by atoms with Crippen LogP contribution in [0, 0.1) is 17.2 Å². The highest BCUT2D eigenvalue weighted by atomic mass is 16.5. The van der Waals surface area contributed by atoms with Crippen LogP contribution in [0.1, 0.15) is 47.7 Å². The zero-order chi connectivity index (χ0) is 27.4. The predicted octanol–water partition coefficient (Wildman–Crippen LogP) is 5.20. The molecule has 9 nitrogen and oxygen atoms in total. The number of hydrogen-bond donors (Lipinski definition) is 2. The Balaban J connectivity index is 1.48. The molecule has 0 fully saturated rings. The van der Waals surface area contributed by atoms with Gasteiger partial charge in [0.05, 0.1) is 24.8 Å². The fraction of sp³-hybridized carbons (Fsp3) is 0.233. The van der Waals surface area contributed by atoms with Crippen molar-refractivity contribution < 1.29 is 19.1 Å². The lowest BCUT2D eigenvalue weighted by atomic mass is 9.85. The van der Waals surface area contributed by atoms with Crippen molar-refractivity contribution in [2.45, 2.75) is 31.9 Å². The van der Waals surface area contributed by atoms with Gasteiger partial charge in [-0.1, -0.05) is 24.3 Å². The van der Waals surface area contributed by atoms with Crippen LogP contribution in [-0.2, 0) is 16.0 Å². The highest BCUT2D eigenvalue weighted by Crippen LogP contribution is 2.35. The van der Waals surface area contributed by atoms with Crippen molar-refractivity contribution in [3.05, 3.63) is 95.3 Å². The Labute approximate surface area is 225 Å². The molecule has 2 aromatic heterocycles. The van der Waals surface area contributed by atoms with Crippen molar-refractivity contribution in [2.75, 3.05) is 7.11 Å². The number of benzene rings is 2. The number of ether oxygens (including phenoxy) is 2. The van der Waals surface area contributed by atoms with E-state index < -0.39 is 30.1 Å². The van der Waals surface area contributed by atoms with E-state index in [9.17, 15) is 14.9 Å². The number of amides is 2. The summed E-state index contributed by atoms with van der Waals surface area (Å²) in [6.07, 6.45) is 3.73. The van der Waals surface area contributed by atoms with Crippen LogP contribution in [0.25, 0.3) is 11.0 Å². The fourth-order valence-electron chi connectivity index (χ4n) is 4.89. The summed E-state index contributed by atoms with van der Waals surface area (Å²) >= 11 is 0. The second kappa shape index (κ2) is 11.2. The van der Waals surface area contributed by atoms with Crippen molar-refractivity contribution in [1.82, 2.24) is 15.3 Å². The Kier molecular flexibility index (Phi) is 7.37. The van der Waals surface area contributed by atoms with Crippen LogP contribution < -0.4 is 10.1 Å². The minimum atomic E-state index is -0.867. The number of hydrogen-bond acceptors (Lipinski definition) is 6. The van der Waals surface area contributed by atoms with E-state index in [1.165, 1.54) is 0 Å². The highest BCUT2D eigenvalue weighted by molar-refractivity contribution is 6.09. The van der Waals surface area contributed by atoms with E-state index in [0.717, 1.165) is 22.3 Å². The predicted molar refractivity (Wildman–Crippen MR) is 145 cm³/mol. The number of fused-ring (bicyclic) bond motifs is 1. The van der Waals surface area contributed by atoms with Gasteiger partial charge in [-0.25, -0.2) is 14.8 Å². The quantitative estimate of drug-likeness (QED) is 0.307. The zero-order valence-electron chi connectivity index (χ0n) is 21.5. The number of aliphatic imine (C=N–C) groups is 1. The minimum absolute atomic E-state index is 0.371. The number of carbonyl (C=O) groups is 2. The second-order valence-electron chi connectivity index (χ2n) is 9.32. The van der Waals surface area contributed by atoms with Crippen molar-refractivity contribution in [3.8, 4) is 11.8 Å². The summed E-state index contributed by atoms with van der Waals surface area (Å²) in [6.45, 7) is 1.76. The molecule has 0 saturated carbocycles. The lowest BCUT2D eigenvalue weighted by Crippen LogP contribution is -2.45. The summed E-state index contributed by atoms with van der Waals surface area (Å²) in [5, 5.41) is 12.9. The SMILES string of the molecule is COc1cccc(CCC2=NC(=O)NC(c3c[nH]c4ncccc34)C2C(=O)OC(C)c2cccc(C#N)c2)c1. The van der Waals surface area contributed by atoms with Gasteiger partial charge in [-0.3, -0.25) is 4.79 Å². The first kappa shape index (κ1) is 25.7. The molecule has 2 N–H and O–H groups in total. The summed E-state index contributed by atoms with van der Waals surface area (Å²) in [5.74, 6) is -0.656. The van der Waals surface area contributed by atoms with Crippen LogP contribution in [0.2, 0.25) is 0 Å². The molecule has 1 aliphatic heterocycles. The van der Waals surface area contributed by atoms with E-state index in [1.807, 2.05) is 36.4 Å². The molecule has 0 aliphatic carbocycles. The molecule has 0 radical (unpaired) electrons. The summed E-state index contributed by atoms with van der Waals surface area (Å²) in [5.41, 5.74) is 3.98. The average Bonchev–Trinajstić information content (AvgIpc) is 3.40. The molecular weight excluding hydrogens is 494 g/mol. The zero-order valence-corrected chi connectivity index (χ0v) is 21.5. The van der Waals surface area contributed by atoms with Crippen molar-refractivity contribution in [1.29, 1.82) is 5.26 Å². The molecular formula is C30H27N5O4. The smallest absolute Gasteiger partial charge is 0.341 e. The molecule has 2 aromatic carbocycles. The van der Waals surface area contributed by atoms with E-state index in [0.29, 0.717) is 35.3 Å². The number of H-pyrrole nitrogens is 1. The van der Waals surface area contributed by atoms with Gasteiger partial charge in [0.1, 0.15) is 23.4 Å². The van der Waals surface area contributed by atoms with Gasteiger partial charge in [0.2, 0.25) is 0 Å². The van der Waals surface area contributed by atoms with Crippen LogP contribution in [0.3, 0.4) is 0 Å². The number of carbonyl (C=O) groups excluding carboxylic acids is 2. The highest BCUT2D eigenvalue weighted by Gasteiger charge is 2.41. The number of pyridine rings is 1. The number of nitrogens with one attached hydrogen (secondary N) is 2. The number of methoxy groups -OCH3 is 1. The Morgan fingerprint density at radius 1 is 1.13 bits per heavy atom. The first-order valence-corrected chi connectivity index (χ1v) is 12.6. The Hall–Kier alpha value is -4.97. The Bertz CT molecular complexity index is 1600. The third-order valence-electron chi connectivity index (χ3n) is 6.87. The molecule has 2 amide bonds. The summed E-state index contributed by atoms with van der Waals surface area (Å²) < 4.78 is 11.3. The van der Waals surface area contributed by atoms with E-state index in [1.54, 1.807) is 50.7 Å². The molecule has 3 atom stereocenters. The monoisotopic (exact) mass is 521 g/mol. The van der Waals surface area contributed by atoms with Gasteiger partial charge in [0.15, 0.2) is 0 Å². The van der Waals surface area contributed by atoms with Gasteiger partial charge in [0, 0.05) is 29.1 Å². The summed E-state index contributed by atoms with van der Waals surface area (Å²) in [7, 11) is 1.61. The lowest BCUT2D eigenvalue weighted by Gasteiger charge is -2.31.